The lowest BCUT2D eigenvalue weighted by molar-refractivity contribution is 0.188. The van der Waals surface area contributed by atoms with E-state index in [1.54, 1.807) is 12.1 Å². The Bertz CT molecular complexity index is 424. The maximum absolute atomic E-state index is 13.3. The highest BCUT2D eigenvalue weighted by atomic mass is 19.1. The van der Waals surface area contributed by atoms with Crippen molar-refractivity contribution >= 4 is 5.69 Å². The van der Waals surface area contributed by atoms with Gasteiger partial charge in [-0.1, -0.05) is 0 Å². The second-order valence-electron chi connectivity index (χ2n) is 4.93. The van der Waals surface area contributed by atoms with E-state index in [1.165, 1.54) is 6.07 Å². The normalized spacial score (nSPS) is 31.3. The molecule has 3 rings (SSSR count). The van der Waals surface area contributed by atoms with Crippen LogP contribution < -0.4 is 10.6 Å². The van der Waals surface area contributed by atoms with Crippen LogP contribution in [0.15, 0.2) is 18.2 Å². The largest absolute Gasteiger partial charge is 0.396 e. The topological polar surface area (TPSA) is 44.3 Å². The molecular formula is C13H17FN2O. The molecule has 92 valence electrons. The standard InChI is InChI=1S/C13H17FN2O/c14-8-1-2-12-9(5-8)11(7-17)10-6-15-4-3-13(10)16-12/h1-2,5,10-11,13,15-17H,3-4,6-7H2. The van der Waals surface area contributed by atoms with Gasteiger partial charge in [0.15, 0.2) is 0 Å². The van der Waals surface area contributed by atoms with Crippen molar-refractivity contribution < 1.29 is 9.50 Å². The summed E-state index contributed by atoms with van der Waals surface area (Å²) in [5, 5.41) is 16.4. The van der Waals surface area contributed by atoms with Crippen LogP contribution in [-0.2, 0) is 0 Å². The van der Waals surface area contributed by atoms with Crippen molar-refractivity contribution in [1.29, 1.82) is 0 Å². The van der Waals surface area contributed by atoms with Crippen molar-refractivity contribution in [3.8, 4) is 0 Å². The van der Waals surface area contributed by atoms with E-state index in [1.807, 2.05) is 0 Å². The third-order valence-electron chi connectivity index (χ3n) is 4.00. The maximum Gasteiger partial charge on any atom is 0.123 e. The van der Waals surface area contributed by atoms with E-state index in [9.17, 15) is 9.50 Å². The molecule has 17 heavy (non-hydrogen) atoms. The number of fused-ring (bicyclic) bond motifs is 2. The van der Waals surface area contributed by atoms with Gasteiger partial charge in [-0.3, -0.25) is 0 Å². The van der Waals surface area contributed by atoms with E-state index < -0.39 is 0 Å². The molecule has 0 amide bonds. The van der Waals surface area contributed by atoms with Gasteiger partial charge in [0, 0.05) is 30.1 Å². The summed E-state index contributed by atoms with van der Waals surface area (Å²) in [4.78, 5) is 0. The van der Waals surface area contributed by atoms with Crippen molar-refractivity contribution in [3.63, 3.8) is 0 Å². The number of benzene rings is 1. The van der Waals surface area contributed by atoms with Crippen LogP contribution >= 0.6 is 0 Å². The van der Waals surface area contributed by atoms with Crippen LogP contribution in [0.25, 0.3) is 0 Å². The summed E-state index contributed by atoms with van der Waals surface area (Å²) >= 11 is 0. The van der Waals surface area contributed by atoms with E-state index >= 15 is 0 Å². The molecular weight excluding hydrogens is 219 g/mol. The molecule has 0 aliphatic carbocycles. The first-order valence-corrected chi connectivity index (χ1v) is 6.17. The Morgan fingerprint density at radius 2 is 2.29 bits per heavy atom. The predicted octanol–water partition coefficient (Wildman–Crippen LogP) is 1.31. The van der Waals surface area contributed by atoms with E-state index in [-0.39, 0.29) is 18.3 Å². The molecule has 0 radical (unpaired) electrons. The van der Waals surface area contributed by atoms with Gasteiger partial charge in [0.05, 0.1) is 6.61 Å². The second-order valence-corrected chi connectivity index (χ2v) is 4.93. The molecule has 2 aliphatic heterocycles. The quantitative estimate of drug-likeness (QED) is 0.689. The number of hydrogen-bond donors (Lipinski definition) is 3. The highest BCUT2D eigenvalue weighted by Crippen LogP contribution is 2.40. The molecule has 3 nitrogen and oxygen atoms in total. The van der Waals surface area contributed by atoms with Gasteiger partial charge in [-0.15, -0.1) is 0 Å². The molecule has 0 bridgehead atoms. The Kier molecular flexibility index (Phi) is 2.76. The number of aliphatic hydroxyl groups excluding tert-OH is 1. The smallest absolute Gasteiger partial charge is 0.123 e. The van der Waals surface area contributed by atoms with Crippen molar-refractivity contribution in [3.05, 3.63) is 29.6 Å². The van der Waals surface area contributed by atoms with Gasteiger partial charge in [0.1, 0.15) is 5.82 Å². The molecule has 0 saturated carbocycles. The molecule has 1 aromatic carbocycles. The van der Waals surface area contributed by atoms with Crippen LogP contribution in [0.3, 0.4) is 0 Å². The molecule has 1 saturated heterocycles. The Labute approximate surface area is 100 Å². The second kappa shape index (κ2) is 4.27. The lowest BCUT2D eigenvalue weighted by atomic mass is 9.75. The number of nitrogens with one attached hydrogen (secondary N) is 2. The summed E-state index contributed by atoms with van der Waals surface area (Å²) in [6.07, 6.45) is 1.05. The molecule has 0 spiro atoms. The Hall–Kier alpha value is -1.13. The minimum Gasteiger partial charge on any atom is -0.396 e. The van der Waals surface area contributed by atoms with Gasteiger partial charge in [-0.05, 0) is 36.7 Å². The number of aliphatic hydroxyl groups is 1. The number of hydrogen-bond acceptors (Lipinski definition) is 3. The highest BCUT2D eigenvalue weighted by Gasteiger charge is 2.37. The van der Waals surface area contributed by atoms with Crippen molar-refractivity contribution in [2.45, 2.75) is 18.4 Å². The number of anilines is 1. The Morgan fingerprint density at radius 3 is 3.12 bits per heavy atom. The predicted molar refractivity (Wildman–Crippen MR) is 64.6 cm³/mol. The fourth-order valence-corrected chi connectivity index (χ4v) is 3.12. The van der Waals surface area contributed by atoms with Crippen molar-refractivity contribution in [2.24, 2.45) is 5.92 Å². The third-order valence-corrected chi connectivity index (χ3v) is 4.00. The van der Waals surface area contributed by atoms with Gasteiger partial charge < -0.3 is 15.7 Å². The molecule has 0 aromatic heterocycles. The summed E-state index contributed by atoms with van der Waals surface area (Å²) in [6.45, 7) is 1.97. The number of rotatable bonds is 1. The fraction of sp³-hybridized carbons (Fsp3) is 0.538. The monoisotopic (exact) mass is 236 g/mol. The summed E-state index contributed by atoms with van der Waals surface area (Å²) in [6, 6.07) is 5.20. The molecule has 3 atom stereocenters. The molecule has 3 N–H and O–H groups in total. The minimum absolute atomic E-state index is 0.0414. The molecule has 3 unspecified atom stereocenters. The van der Waals surface area contributed by atoms with Crippen LogP contribution in [0.1, 0.15) is 17.9 Å². The van der Waals surface area contributed by atoms with Gasteiger partial charge in [-0.25, -0.2) is 4.39 Å². The van der Waals surface area contributed by atoms with Gasteiger partial charge in [0.2, 0.25) is 0 Å². The molecule has 1 aromatic rings. The maximum atomic E-state index is 13.3. The summed E-state index contributed by atoms with van der Waals surface area (Å²) < 4.78 is 13.3. The van der Waals surface area contributed by atoms with Crippen molar-refractivity contribution in [2.75, 3.05) is 25.0 Å². The fourth-order valence-electron chi connectivity index (χ4n) is 3.12. The Morgan fingerprint density at radius 1 is 1.41 bits per heavy atom. The molecule has 2 aliphatic rings. The lowest BCUT2D eigenvalue weighted by Crippen LogP contribution is -2.49. The van der Waals surface area contributed by atoms with Crippen LogP contribution in [0, 0.1) is 11.7 Å². The van der Waals surface area contributed by atoms with Gasteiger partial charge in [-0.2, -0.15) is 0 Å². The minimum atomic E-state index is -0.230. The zero-order valence-electron chi connectivity index (χ0n) is 9.62. The first-order valence-electron chi connectivity index (χ1n) is 6.17. The third kappa shape index (κ3) is 1.81. The molecule has 1 fully saturated rings. The average molecular weight is 236 g/mol. The summed E-state index contributed by atoms with van der Waals surface area (Å²) in [7, 11) is 0. The summed E-state index contributed by atoms with van der Waals surface area (Å²) in [5.41, 5.74) is 1.89. The number of piperidine rings is 1. The van der Waals surface area contributed by atoms with Crippen molar-refractivity contribution in [1.82, 2.24) is 5.32 Å². The average Bonchev–Trinajstić information content (AvgIpc) is 2.36. The van der Waals surface area contributed by atoms with E-state index in [0.717, 1.165) is 30.8 Å². The SMILES string of the molecule is OCC1c2cc(F)ccc2NC2CCNCC21. The van der Waals surface area contributed by atoms with Gasteiger partial charge >= 0.3 is 0 Å². The molecule has 2 heterocycles. The van der Waals surface area contributed by atoms with Crippen LogP contribution in [0.2, 0.25) is 0 Å². The zero-order valence-corrected chi connectivity index (χ0v) is 9.62. The van der Waals surface area contributed by atoms with Crippen LogP contribution in [0.5, 0.6) is 0 Å². The molecule has 4 heteroatoms. The van der Waals surface area contributed by atoms with E-state index in [0.29, 0.717) is 12.0 Å². The van der Waals surface area contributed by atoms with Crippen LogP contribution in [-0.4, -0.2) is 30.8 Å². The first kappa shape index (κ1) is 11.0. The van der Waals surface area contributed by atoms with Gasteiger partial charge in [0.25, 0.3) is 0 Å². The summed E-state index contributed by atoms with van der Waals surface area (Å²) in [5.74, 6) is 0.161. The highest BCUT2D eigenvalue weighted by molar-refractivity contribution is 5.56. The lowest BCUT2D eigenvalue weighted by Gasteiger charge is -2.43. The zero-order chi connectivity index (χ0) is 11.8. The van der Waals surface area contributed by atoms with Crippen LogP contribution in [0.4, 0.5) is 10.1 Å². The van der Waals surface area contributed by atoms with E-state index in [4.69, 9.17) is 0 Å². The van der Waals surface area contributed by atoms with E-state index in [2.05, 4.69) is 10.6 Å². The number of halogens is 1. The first-order chi connectivity index (χ1) is 8.29. The Balaban J connectivity index is 2.01.